The first kappa shape index (κ1) is 19.2. The first-order chi connectivity index (χ1) is 14.1. The van der Waals surface area contributed by atoms with Crippen LogP contribution in [0.4, 0.5) is 14.5 Å². The summed E-state index contributed by atoms with van der Waals surface area (Å²) in [6, 6.07) is 16.2. The zero-order chi connectivity index (χ0) is 20.2. The Kier molecular flexibility index (Phi) is 5.59. The Morgan fingerprint density at radius 1 is 1.17 bits per heavy atom. The first-order valence-corrected chi connectivity index (χ1v) is 9.47. The summed E-state index contributed by atoms with van der Waals surface area (Å²) in [4.78, 5) is 19.9. The van der Waals surface area contributed by atoms with Crippen molar-refractivity contribution >= 4 is 17.3 Å². The molecule has 2 atom stereocenters. The van der Waals surface area contributed by atoms with E-state index in [0.717, 1.165) is 5.56 Å². The second-order valence-corrected chi connectivity index (χ2v) is 7.00. The normalized spacial score (nSPS) is 21.1. The van der Waals surface area contributed by atoms with Crippen molar-refractivity contribution in [3.05, 3.63) is 60.2 Å². The fraction of sp³-hybridized carbons (Fsp3) is 0.333. The molecule has 8 heteroatoms. The van der Waals surface area contributed by atoms with Crippen LogP contribution in [0.5, 0.6) is 5.75 Å². The van der Waals surface area contributed by atoms with Crippen LogP contribution in [0.15, 0.2) is 59.8 Å². The molecule has 1 fully saturated rings. The lowest BCUT2D eigenvalue weighted by Gasteiger charge is -2.22. The first-order valence-electron chi connectivity index (χ1n) is 9.47. The molecule has 2 heterocycles. The highest BCUT2D eigenvalue weighted by atomic mass is 19.3. The number of halogens is 2. The van der Waals surface area contributed by atoms with E-state index in [9.17, 15) is 13.6 Å². The summed E-state index contributed by atoms with van der Waals surface area (Å²) in [5, 5.41) is 6.92. The molecular weight excluding hydrogens is 380 g/mol. The number of nitrogens with one attached hydrogen (secondary N) is 1. The van der Waals surface area contributed by atoms with Gasteiger partial charge < -0.3 is 19.8 Å². The summed E-state index contributed by atoms with van der Waals surface area (Å²) < 4.78 is 29.9. The Balaban J connectivity index is 1.33. The highest BCUT2D eigenvalue weighted by Crippen LogP contribution is 2.32. The van der Waals surface area contributed by atoms with Crippen molar-refractivity contribution in [3.63, 3.8) is 0 Å². The molecule has 0 saturated carbocycles. The molecule has 2 aromatic carbocycles. The molecule has 2 unspecified atom stereocenters. The highest BCUT2D eigenvalue weighted by molar-refractivity contribution is 6.39. The highest BCUT2D eigenvalue weighted by Gasteiger charge is 2.31. The number of hydrogen-bond donors (Lipinski definition) is 1. The number of ether oxygens (including phenoxy) is 1. The molecule has 2 aliphatic heterocycles. The van der Waals surface area contributed by atoms with E-state index in [2.05, 4.69) is 15.2 Å². The van der Waals surface area contributed by atoms with Crippen LogP contribution in [-0.4, -0.2) is 37.4 Å². The Hall–Kier alpha value is -3.16. The smallest absolute Gasteiger partial charge is 0.387 e. The van der Waals surface area contributed by atoms with Gasteiger partial charge in [0.1, 0.15) is 11.5 Å². The van der Waals surface area contributed by atoms with Gasteiger partial charge in [-0.1, -0.05) is 47.6 Å². The fourth-order valence-corrected chi connectivity index (χ4v) is 3.64. The molecule has 2 aromatic rings. The minimum absolute atomic E-state index is 0.111. The van der Waals surface area contributed by atoms with Crippen LogP contribution in [0.25, 0.3) is 0 Å². The minimum Gasteiger partial charge on any atom is -0.433 e. The third kappa shape index (κ3) is 4.47. The quantitative estimate of drug-likeness (QED) is 0.805. The molecular formula is C21H21F2N3O3. The van der Waals surface area contributed by atoms with Gasteiger partial charge >= 0.3 is 6.61 Å². The second-order valence-electron chi connectivity index (χ2n) is 7.00. The van der Waals surface area contributed by atoms with Gasteiger partial charge in [-0.3, -0.25) is 4.79 Å². The standard InChI is InChI=1S/C21H21F2N3O3/c22-21(23)28-18-9-5-4-8-17(18)26-11-10-15(13-26)24-20(27)16-12-19(29-25-16)14-6-2-1-3-7-14/h1-9,15,19,21H,10-13H2,(H,24,27). The second kappa shape index (κ2) is 8.46. The molecule has 0 aliphatic carbocycles. The van der Waals surface area contributed by atoms with Crippen molar-refractivity contribution in [1.29, 1.82) is 0 Å². The minimum atomic E-state index is -2.88. The van der Waals surface area contributed by atoms with Crippen molar-refractivity contribution < 1.29 is 23.1 Å². The van der Waals surface area contributed by atoms with Crippen molar-refractivity contribution in [1.82, 2.24) is 5.32 Å². The molecule has 1 amide bonds. The maximum atomic E-state index is 12.6. The molecule has 1 N–H and O–H groups in total. The Labute approximate surface area is 167 Å². The van der Waals surface area contributed by atoms with Gasteiger partial charge in [0.2, 0.25) is 0 Å². The third-order valence-corrected chi connectivity index (χ3v) is 5.05. The lowest BCUT2D eigenvalue weighted by molar-refractivity contribution is -0.115. The van der Waals surface area contributed by atoms with E-state index >= 15 is 0 Å². The largest absolute Gasteiger partial charge is 0.433 e. The fourth-order valence-electron chi connectivity index (χ4n) is 3.64. The maximum Gasteiger partial charge on any atom is 0.387 e. The van der Waals surface area contributed by atoms with Crippen LogP contribution < -0.4 is 15.0 Å². The predicted octanol–water partition coefficient (Wildman–Crippen LogP) is 3.50. The molecule has 0 spiro atoms. The van der Waals surface area contributed by atoms with E-state index in [0.29, 0.717) is 37.3 Å². The van der Waals surface area contributed by atoms with Crippen LogP contribution in [-0.2, 0) is 9.63 Å². The van der Waals surface area contributed by atoms with Gasteiger partial charge in [0, 0.05) is 25.6 Å². The van der Waals surface area contributed by atoms with Crippen LogP contribution in [0.2, 0.25) is 0 Å². The topological polar surface area (TPSA) is 63.2 Å². The summed E-state index contributed by atoms with van der Waals surface area (Å²) in [7, 11) is 0. The lowest BCUT2D eigenvalue weighted by atomic mass is 10.0. The average Bonchev–Trinajstić information content (AvgIpc) is 3.38. The van der Waals surface area contributed by atoms with Gasteiger partial charge in [0.15, 0.2) is 6.10 Å². The Morgan fingerprint density at radius 2 is 1.93 bits per heavy atom. The maximum absolute atomic E-state index is 12.6. The molecule has 0 bridgehead atoms. The van der Waals surface area contributed by atoms with E-state index in [1.165, 1.54) is 6.07 Å². The summed E-state index contributed by atoms with van der Waals surface area (Å²) >= 11 is 0. The van der Waals surface area contributed by atoms with Gasteiger partial charge in [-0.15, -0.1) is 0 Å². The number of carbonyl (C=O) groups is 1. The van der Waals surface area contributed by atoms with Crippen LogP contribution >= 0.6 is 0 Å². The zero-order valence-corrected chi connectivity index (χ0v) is 15.6. The number of benzene rings is 2. The molecule has 0 radical (unpaired) electrons. The average molecular weight is 401 g/mol. The summed E-state index contributed by atoms with van der Waals surface area (Å²) in [5.74, 6) is -0.124. The van der Waals surface area contributed by atoms with E-state index in [4.69, 9.17) is 4.84 Å². The zero-order valence-electron chi connectivity index (χ0n) is 15.6. The van der Waals surface area contributed by atoms with Gasteiger partial charge in [-0.2, -0.15) is 8.78 Å². The van der Waals surface area contributed by atoms with E-state index in [1.807, 2.05) is 35.2 Å². The van der Waals surface area contributed by atoms with Crippen LogP contribution in [0.1, 0.15) is 24.5 Å². The molecule has 6 nitrogen and oxygen atoms in total. The van der Waals surface area contributed by atoms with Crippen molar-refractivity contribution in [2.45, 2.75) is 31.6 Å². The third-order valence-electron chi connectivity index (χ3n) is 5.05. The number of para-hydroxylation sites is 2. The summed E-state index contributed by atoms with van der Waals surface area (Å²) in [5.41, 5.74) is 1.93. The van der Waals surface area contributed by atoms with Crippen LogP contribution in [0.3, 0.4) is 0 Å². The molecule has 2 aliphatic rings. The SMILES string of the molecule is O=C(NC1CCN(c2ccccc2OC(F)F)C1)C1=NOC(c2ccccc2)C1. The predicted molar refractivity (Wildman–Crippen MR) is 104 cm³/mol. The molecule has 4 rings (SSSR count). The molecule has 1 saturated heterocycles. The van der Waals surface area contributed by atoms with Gasteiger partial charge in [-0.25, -0.2) is 0 Å². The summed E-state index contributed by atoms with van der Waals surface area (Å²) in [6.45, 7) is -1.75. The van der Waals surface area contributed by atoms with Gasteiger partial charge in [0.05, 0.1) is 5.69 Å². The van der Waals surface area contributed by atoms with Gasteiger partial charge in [0.25, 0.3) is 5.91 Å². The Morgan fingerprint density at radius 3 is 2.72 bits per heavy atom. The number of anilines is 1. The Bertz CT molecular complexity index is 892. The number of oxime groups is 1. The van der Waals surface area contributed by atoms with Gasteiger partial charge in [-0.05, 0) is 24.1 Å². The molecule has 29 heavy (non-hydrogen) atoms. The number of carbonyl (C=O) groups excluding carboxylic acids is 1. The number of amides is 1. The van der Waals surface area contributed by atoms with Crippen molar-refractivity contribution in [3.8, 4) is 5.75 Å². The number of rotatable bonds is 6. The van der Waals surface area contributed by atoms with E-state index < -0.39 is 6.61 Å². The van der Waals surface area contributed by atoms with Crippen molar-refractivity contribution in [2.24, 2.45) is 5.16 Å². The monoisotopic (exact) mass is 401 g/mol. The number of nitrogens with zero attached hydrogens (tertiary/aromatic N) is 2. The summed E-state index contributed by atoms with van der Waals surface area (Å²) in [6.07, 6.45) is 0.859. The van der Waals surface area contributed by atoms with Crippen molar-refractivity contribution in [2.75, 3.05) is 18.0 Å². The van der Waals surface area contributed by atoms with E-state index in [1.54, 1.807) is 18.2 Å². The molecule has 152 valence electrons. The molecule has 0 aromatic heterocycles. The lowest BCUT2D eigenvalue weighted by Crippen LogP contribution is -2.40. The van der Waals surface area contributed by atoms with E-state index in [-0.39, 0.29) is 23.8 Å². The number of alkyl halides is 2. The van der Waals surface area contributed by atoms with Crippen LogP contribution in [0, 0.1) is 0 Å². The number of hydrogen-bond acceptors (Lipinski definition) is 5.